The standard InChI is InChI=1S/C48H32N2O/c1-3-13-33(14-4-1)34-23-27-37(28-24-34)49(36-15-5-2-6-16-36)45-32-31-39(48-47(45)42-19-9-12-22-46(42)51-48)35-25-29-38(30-26-35)50-43-20-10-7-17-40(43)41-18-8-11-21-44(41)50/h1-32H. The van der Waals surface area contributed by atoms with Crippen LogP contribution in [0.15, 0.2) is 199 Å². The SMILES string of the molecule is c1ccc(-c2ccc(N(c3ccccc3)c3ccc(-c4ccc(-n5c6ccccc6c6ccccc65)cc4)c4oc5ccccc5c34)cc2)cc1. The highest BCUT2D eigenvalue weighted by Crippen LogP contribution is 2.46. The van der Waals surface area contributed by atoms with Crippen LogP contribution in [0.4, 0.5) is 17.1 Å². The first-order valence-electron chi connectivity index (χ1n) is 17.4. The maximum Gasteiger partial charge on any atom is 0.145 e. The molecule has 0 aliphatic carbocycles. The zero-order chi connectivity index (χ0) is 33.7. The van der Waals surface area contributed by atoms with E-state index in [0.717, 1.165) is 55.8 Å². The van der Waals surface area contributed by atoms with Gasteiger partial charge < -0.3 is 13.9 Å². The minimum Gasteiger partial charge on any atom is -0.455 e. The van der Waals surface area contributed by atoms with Crippen molar-refractivity contribution in [2.24, 2.45) is 0 Å². The summed E-state index contributed by atoms with van der Waals surface area (Å²) >= 11 is 0. The summed E-state index contributed by atoms with van der Waals surface area (Å²) in [5, 5.41) is 4.70. The Morgan fingerprint density at radius 2 is 0.922 bits per heavy atom. The van der Waals surface area contributed by atoms with E-state index in [1.165, 1.54) is 32.9 Å². The summed E-state index contributed by atoms with van der Waals surface area (Å²) < 4.78 is 9.12. The Bertz CT molecular complexity index is 2780. The van der Waals surface area contributed by atoms with Gasteiger partial charge in [0.15, 0.2) is 0 Å². The molecule has 0 N–H and O–H groups in total. The number of furan rings is 1. The third kappa shape index (κ3) is 4.82. The van der Waals surface area contributed by atoms with Crippen LogP contribution in [-0.4, -0.2) is 4.57 Å². The van der Waals surface area contributed by atoms with Crippen molar-refractivity contribution in [1.29, 1.82) is 0 Å². The van der Waals surface area contributed by atoms with Gasteiger partial charge in [-0.15, -0.1) is 0 Å². The molecule has 3 nitrogen and oxygen atoms in total. The molecule has 3 heteroatoms. The Balaban J connectivity index is 1.13. The third-order valence-electron chi connectivity index (χ3n) is 10.0. The predicted octanol–water partition coefficient (Wildman–Crippen LogP) is 13.5. The summed E-state index contributed by atoms with van der Waals surface area (Å²) in [4.78, 5) is 2.34. The zero-order valence-corrected chi connectivity index (χ0v) is 27.8. The number of nitrogens with zero attached hydrogens (tertiary/aromatic N) is 2. The van der Waals surface area contributed by atoms with Crippen LogP contribution in [-0.2, 0) is 0 Å². The molecular formula is C48H32N2O. The van der Waals surface area contributed by atoms with E-state index in [1.54, 1.807) is 0 Å². The van der Waals surface area contributed by atoms with Crippen molar-refractivity contribution in [1.82, 2.24) is 4.57 Å². The van der Waals surface area contributed by atoms with Crippen LogP contribution in [0.2, 0.25) is 0 Å². The van der Waals surface area contributed by atoms with Crippen molar-refractivity contribution in [2.45, 2.75) is 0 Å². The first kappa shape index (κ1) is 29.1. The molecule has 0 amide bonds. The number of para-hydroxylation sites is 4. The van der Waals surface area contributed by atoms with Gasteiger partial charge >= 0.3 is 0 Å². The number of rotatable bonds is 6. The lowest BCUT2D eigenvalue weighted by atomic mass is 9.99. The lowest BCUT2D eigenvalue weighted by Gasteiger charge is -2.27. The fraction of sp³-hybridized carbons (Fsp3) is 0. The highest BCUT2D eigenvalue weighted by Gasteiger charge is 2.22. The highest BCUT2D eigenvalue weighted by molar-refractivity contribution is 6.17. The molecule has 0 aliphatic heterocycles. The topological polar surface area (TPSA) is 21.3 Å². The van der Waals surface area contributed by atoms with Gasteiger partial charge in [-0.25, -0.2) is 0 Å². The lowest BCUT2D eigenvalue weighted by molar-refractivity contribution is 0.670. The number of hydrogen-bond acceptors (Lipinski definition) is 2. The van der Waals surface area contributed by atoms with E-state index in [4.69, 9.17) is 4.42 Å². The van der Waals surface area contributed by atoms with Crippen molar-refractivity contribution >= 4 is 60.8 Å². The van der Waals surface area contributed by atoms with Gasteiger partial charge in [0.05, 0.1) is 22.1 Å². The Morgan fingerprint density at radius 3 is 1.61 bits per heavy atom. The molecule has 0 aliphatic rings. The summed E-state index contributed by atoms with van der Waals surface area (Å²) in [6, 6.07) is 68.9. The van der Waals surface area contributed by atoms with Crippen molar-refractivity contribution in [3.05, 3.63) is 194 Å². The lowest BCUT2D eigenvalue weighted by Crippen LogP contribution is -2.10. The molecular weight excluding hydrogens is 621 g/mol. The third-order valence-corrected chi connectivity index (χ3v) is 10.0. The Kier molecular flexibility index (Phi) is 6.81. The molecule has 0 atom stereocenters. The van der Waals surface area contributed by atoms with Gasteiger partial charge in [0, 0.05) is 38.8 Å². The van der Waals surface area contributed by atoms with E-state index in [2.05, 4.69) is 198 Å². The van der Waals surface area contributed by atoms with Gasteiger partial charge in [-0.1, -0.05) is 127 Å². The number of aromatic nitrogens is 1. The molecule has 240 valence electrons. The second-order valence-corrected chi connectivity index (χ2v) is 12.9. The summed E-state index contributed by atoms with van der Waals surface area (Å²) in [5.74, 6) is 0. The molecule has 2 heterocycles. The number of fused-ring (bicyclic) bond motifs is 6. The van der Waals surface area contributed by atoms with Crippen LogP contribution in [0.25, 0.3) is 71.7 Å². The highest BCUT2D eigenvalue weighted by atomic mass is 16.3. The molecule has 10 aromatic rings. The minimum atomic E-state index is 0.871. The van der Waals surface area contributed by atoms with Crippen LogP contribution >= 0.6 is 0 Å². The second kappa shape index (κ2) is 11.9. The summed E-state index contributed by atoms with van der Waals surface area (Å²) in [5.41, 5.74) is 13.1. The average molecular weight is 653 g/mol. The number of anilines is 3. The molecule has 0 saturated heterocycles. The van der Waals surface area contributed by atoms with Gasteiger partial charge in [-0.3, -0.25) is 0 Å². The van der Waals surface area contributed by atoms with E-state index in [0.29, 0.717) is 0 Å². The average Bonchev–Trinajstić information content (AvgIpc) is 3.76. The van der Waals surface area contributed by atoms with E-state index in [1.807, 2.05) is 6.07 Å². The molecule has 0 radical (unpaired) electrons. The quantitative estimate of drug-likeness (QED) is 0.178. The number of hydrogen-bond donors (Lipinski definition) is 0. The molecule has 0 unspecified atom stereocenters. The monoisotopic (exact) mass is 652 g/mol. The molecule has 2 aromatic heterocycles. The van der Waals surface area contributed by atoms with Gasteiger partial charge in [0.2, 0.25) is 0 Å². The second-order valence-electron chi connectivity index (χ2n) is 12.9. The predicted molar refractivity (Wildman–Crippen MR) is 214 cm³/mol. The Hall–Kier alpha value is -6.84. The van der Waals surface area contributed by atoms with Crippen LogP contribution in [0.1, 0.15) is 0 Å². The largest absolute Gasteiger partial charge is 0.455 e. The van der Waals surface area contributed by atoms with Gasteiger partial charge in [0.25, 0.3) is 0 Å². The first-order chi connectivity index (χ1) is 25.3. The zero-order valence-electron chi connectivity index (χ0n) is 27.8. The van der Waals surface area contributed by atoms with E-state index >= 15 is 0 Å². The van der Waals surface area contributed by atoms with Crippen LogP contribution < -0.4 is 4.90 Å². The Labute approximate surface area is 295 Å². The summed E-state index contributed by atoms with van der Waals surface area (Å²) in [6.45, 7) is 0. The van der Waals surface area contributed by atoms with E-state index in [-0.39, 0.29) is 0 Å². The maximum atomic E-state index is 6.76. The maximum absolute atomic E-state index is 6.76. The minimum absolute atomic E-state index is 0.871. The molecule has 0 spiro atoms. The molecule has 0 saturated carbocycles. The molecule has 0 fully saturated rings. The smallest absolute Gasteiger partial charge is 0.145 e. The number of benzene rings is 8. The normalized spacial score (nSPS) is 11.5. The summed E-state index contributed by atoms with van der Waals surface area (Å²) in [6.07, 6.45) is 0. The van der Waals surface area contributed by atoms with E-state index in [9.17, 15) is 0 Å². The molecule has 8 aromatic carbocycles. The van der Waals surface area contributed by atoms with Crippen LogP contribution in [0.3, 0.4) is 0 Å². The van der Waals surface area contributed by atoms with E-state index < -0.39 is 0 Å². The fourth-order valence-electron chi connectivity index (χ4n) is 7.65. The van der Waals surface area contributed by atoms with Crippen molar-refractivity contribution in [2.75, 3.05) is 4.90 Å². The van der Waals surface area contributed by atoms with Crippen LogP contribution in [0.5, 0.6) is 0 Å². The van der Waals surface area contributed by atoms with Gasteiger partial charge in [0.1, 0.15) is 11.2 Å². The van der Waals surface area contributed by atoms with Crippen LogP contribution in [0, 0.1) is 0 Å². The summed E-state index contributed by atoms with van der Waals surface area (Å²) in [7, 11) is 0. The van der Waals surface area contributed by atoms with Crippen molar-refractivity contribution < 1.29 is 4.42 Å². The Morgan fingerprint density at radius 1 is 0.392 bits per heavy atom. The fourth-order valence-corrected chi connectivity index (χ4v) is 7.65. The van der Waals surface area contributed by atoms with Gasteiger partial charge in [-0.05, 0) is 83.4 Å². The molecule has 51 heavy (non-hydrogen) atoms. The van der Waals surface area contributed by atoms with Gasteiger partial charge in [-0.2, -0.15) is 0 Å². The van der Waals surface area contributed by atoms with Crippen molar-refractivity contribution in [3.8, 4) is 27.9 Å². The molecule has 0 bridgehead atoms. The van der Waals surface area contributed by atoms with Crippen molar-refractivity contribution in [3.63, 3.8) is 0 Å². The first-order valence-corrected chi connectivity index (χ1v) is 17.4. The molecule has 10 rings (SSSR count).